The van der Waals surface area contributed by atoms with Gasteiger partial charge < -0.3 is 0 Å². The van der Waals surface area contributed by atoms with Crippen LogP contribution in [0.2, 0.25) is 0 Å². The van der Waals surface area contributed by atoms with E-state index in [1.807, 2.05) is 0 Å². The van der Waals surface area contributed by atoms with Gasteiger partial charge in [-0.25, -0.2) is 0 Å². The molecule has 0 amide bonds. The fourth-order valence-corrected chi connectivity index (χ4v) is 0. The van der Waals surface area contributed by atoms with Crippen molar-refractivity contribution in [3.63, 3.8) is 0 Å². The molecule has 0 aliphatic rings. The Balaban J connectivity index is -0.0000000267. The molecule has 0 aromatic heterocycles. The van der Waals surface area contributed by atoms with E-state index in [-0.39, 0.29) is 63.5 Å². The predicted octanol–water partition coefficient (Wildman–Crippen LogP) is -0.513. The summed E-state index contributed by atoms with van der Waals surface area (Å²) in [5, 5.41) is 0. The molecular formula is CH8FKO4S. The molecule has 0 radical (unpaired) electrons. The monoisotopic (exact) mass is 174 g/mol. The van der Waals surface area contributed by atoms with Gasteiger partial charge in [0, 0.05) is 0 Å². The average Bonchev–Trinajstić information content (AvgIpc) is 0.722. The van der Waals surface area contributed by atoms with E-state index < -0.39 is 10.4 Å². The summed E-state index contributed by atoms with van der Waals surface area (Å²) in [5.41, 5.74) is 0. The van der Waals surface area contributed by atoms with Crippen molar-refractivity contribution in [2.24, 2.45) is 0 Å². The molecule has 0 heterocycles. The molecule has 0 aliphatic heterocycles. The van der Waals surface area contributed by atoms with Gasteiger partial charge >= 0.3 is 61.8 Å². The van der Waals surface area contributed by atoms with Crippen molar-refractivity contribution in [2.75, 3.05) is 0 Å². The van der Waals surface area contributed by atoms with Crippen molar-refractivity contribution in [1.82, 2.24) is 0 Å². The second kappa shape index (κ2) is 8.44. The fourth-order valence-electron chi connectivity index (χ4n) is 0. The quantitative estimate of drug-likeness (QED) is 0.383. The Morgan fingerprint density at radius 1 is 1.12 bits per heavy atom. The first-order chi connectivity index (χ1) is 2.00. The van der Waals surface area contributed by atoms with E-state index in [1.54, 1.807) is 0 Å². The maximum absolute atomic E-state index is 8.74. The molecule has 0 atom stereocenters. The van der Waals surface area contributed by atoms with E-state index in [4.69, 9.17) is 17.5 Å². The Labute approximate surface area is 90.0 Å². The zero-order chi connectivity index (χ0) is 4.50. The van der Waals surface area contributed by atoms with Crippen LogP contribution >= 0.6 is 0 Å². The van der Waals surface area contributed by atoms with Crippen LogP contribution in [0.15, 0.2) is 0 Å². The third-order valence-electron chi connectivity index (χ3n) is 0. The van der Waals surface area contributed by atoms with Gasteiger partial charge in [0.2, 0.25) is 0 Å². The first-order valence-electron chi connectivity index (χ1n) is 0.698. The van der Waals surface area contributed by atoms with Gasteiger partial charge in [-0.15, -0.1) is 0 Å². The van der Waals surface area contributed by atoms with Crippen LogP contribution in [0.4, 0.5) is 4.70 Å². The van der Waals surface area contributed by atoms with Crippen molar-refractivity contribution < 1.29 is 22.2 Å². The molecule has 0 unspecified atom stereocenters. The molecular weight excluding hydrogens is 166 g/mol. The molecule has 0 aliphatic carbocycles. The van der Waals surface area contributed by atoms with Gasteiger partial charge in [-0.1, -0.05) is 7.43 Å². The molecule has 8 heavy (non-hydrogen) atoms. The molecule has 50 valence electrons. The van der Waals surface area contributed by atoms with Crippen molar-refractivity contribution >= 4 is 61.8 Å². The maximum atomic E-state index is 8.74. The zero-order valence-electron chi connectivity index (χ0n) is 2.53. The van der Waals surface area contributed by atoms with E-state index in [1.165, 1.54) is 0 Å². The number of rotatable bonds is 0. The second-order valence-corrected chi connectivity index (χ2v) is 1.34. The summed E-state index contributed by atoms with van der Waals surface area (Å²) in [4.78, 5) is 0. The summed E-state index contributed by atoms with van der Waals surface area (Å²) >= 11 is 0. The summed E-state index contributed by atoms with van der Waals surface area (Å²) in [6, 6.07) is 0. The number of hydrogen-bond donors (Lipinski definition) is 2. The van der Waals surface area contributed by atoms with Crippen molar-refractivity contribution in [3.05, 3.63) is 0 Å². The molecule has 0 spiro atoms. The molecule has 0 aromatic carbocycles. The zero-order valence-corrected chi connectivity index (χ0v) is 3.34. The molecule has 0 rings (SSSR count). The number of hydrogen-bond acceptors (Lipinski definition) is 2. The van der Waals surface area contributed by atoms with Crippen molar-refractivity contribution in [2.45, 2.75) is 7.43 Å². The van der Waals surface area contributed by atoms with E-state index in [9.17, 15) is 0 Å². The van der Waals surface area contributed by atoms with E-state index in [2.05, 4.69) is 0 Å². The molecule has 7 heteroatoms. The van der Waals surface area contributed by atoms with Crippen molar-refractivity contribution in [3.8, 4) is 0 Å². The standard InChI is InChI=1S/CH4.FH.K.H2O4S.H/c;;;1-5(2,3)4;/h1H4;1H;;(H2,1,2,3,4);. The van der Waals surface area contributed by atoms with Crippen LogP contribution in [0.25, 0.3) is 0 Å². The van der Waals surface area contributed by atoms with Crippen LogP contribution in [0.3, 0.4) is 0 Å². The van der Waals surface area contributed by atoms with E-state index in [0.29, 0.717) is 0 Å². The van der Waals surface area contributed by atoms with Crippen LogP contribution in [-0.2, 0) is 10.4 Å². The number of halogens is 1. The molecule has 0 bridgehead atoms. The van der Waals surface area contributed by atoms with Gasteiger partial charge in [0.1, 0.15) is 0 Å². The summed E-state index contributed by atoms with van der Waals surface area (Å²) in [5.74, 6) is 0. The van der Waals surface area contributed by atoms with Crippen LogP contribution in [0.1, 0.15) is 7.43 Å². The average molecular weight is 174 g/mol. The summed E-state index contributed by atoms with van der Waals surface area (Å²) in [7, 11) is -4.67. The normalized spacial score (nSPS) is 7.25. The van der Waals surface area contributed by atoms with Crippen LogP contribution in [0.5, 0.6) is 0 Å². The summed E-state index contributed by atoms with van der Waals surface area (Å²) in [6.07, 6.45) is 0. The second-order valence-electron chi connectivity index (χ2n) is 0.448. The van der Waals surface area contributed by atoms with Gasteiger partial charge in [0.15, 0.2) is 0 Å². The molecule has 0 saturated carbocycles. The Hall–Kier alpha value is 1.44. The molecule has 2 N–H and O–H groups in total. The van der Waals surface area contributed by atoms with Crippen LogP contribution in [-0.4, -0.2) is 68.9 Å². The Bertz CT molecular complexity index is 99.2. The first-order valence-corrected chi connectivity index (χ1v) is 2.10. The van der Waals surface area contributed by atoms with E-state index >= 15 is 0 Å². The summed E-state index contributed by atoms with van der Waals surface area (Å²) < 4.78 is 31.6. The minimum atomic E-state index is -4.67. The minimum absolute atomic E-state index is 0. The SMILES string of the molecule is C.F.O=S(=O)(O)O.[KH]. The Morgan fingerprint density at radius 2 is 1.12 bits per heavy atom. The third-order valence-corrected chi connectivity index (χ3v) is 0. The molecule has 0 saturated heterocycles. The van der Waals surface area contributed by atoms with Crippen LogP contribution < -0.4 is 0 Å². The van der Waals surface area contributed by atoms with Gasteiger partial charge in [-0.2, -0.15) is 8.42 Å². The van der Waals surface area contributed by atoms with Gasteiger partial charge in [-0.3, -0.25) is 13.8 Å². The summed E-state index contributed by atoms with van der Waals surface area (Å²) in [6.45, 7) is 0. The molecule has 0 aromatic rings. The topological polar surface area (TPSA) is 74.6 Å². The van der Waals surface area contributed by atoms with Crippen LogP contribution in [0, 0.1) is 0 Å². The van der Waals surface area contributed by atoms with Gasteiger partial charge in [0.25, 0.3) is 0 Å². The van der Waals surface area contributed by atoms with E-state index in [0.717, 1.165) is 0 Å². The fraction of sp³-hybridized carbons (Fsp3) is 1.00. The molecule has 4 nitrogen and oxygen atoms in total. The van der Waals surface area contributed by atoms with Crippen molar-refractivity contribution in [1.29, 1.82) is 0 Å². The predicted molar refractivity (Wildman–Crippen MR) is 30.6 cm³/mol. The third kappa shape index (κ3) is 149. The van der Waals surface area contributed by atoms with Gasteiger partial charge in [-0.05, 0) is 0 Å². The molecule has 0 fully saturated rings. The Morgan fingerprint density at radius 3 is 1.12 bits per heavy atom. The first kappa shape index (κ1) is 22.7. The Kier molecular flexibility index (Phi) is 24.0. The van der Waals surface area contributed by atoms with Gasteiger partial charge in [0.05, 0.1) is 0 Å².